The SMILES string of the molecule is C#CCN(CC(=O)NC(C)(C#N)C1CC1)Cc1cccc(C)n1. The summed E-state index contributed by atoms with van der Waals surface area (Å²) in [5.74, 6) is 2.66. The number of hydrogen-bond donors (Lipinski definition) is 1. The van der Waals surface area contributed by atoms with E-state index in [1.54, 1.807) is 6.92 Å². The molecule has 1 unspecified atom stereocenters. The van der Waals surface area contributed by atoms with Gasteiger partial charge in [0.05, 0.1) is 24.9 Å². The van der Waals surface area contributed by atoms with E-state index in [0.717, 1.165) is 24.2 Å². The van der Waals surface area contributed by atoms with E-state index in [9.17, 15) is 10.1 Å². The highest BCUT2D eigenvalue weighted by Gasteiger charge is 2.43. The molecule has 1 aliphatic rings. The molecular weight excluding hydrogens is 288 g/mol. The topological polar surface area (TPSA) is 69.0 Å². The van der Waals surface area contributed by atoms with Gasteiger partial charge in [0.1, 0.15) is 5.54 Å². The lowest BCUT2D eigenvalue weighted by atomic mass is 9.98. The van der Waals surface area contributed by atoms with Gasteiger partial charge in [0, 0.05) is 12.2 Å². The number of amides is 1. The molecule has 120 valence electrons. The fourth-order valence-corrected chi connectivity index (χ4v) is 2.63. The molecule has 1 saturated carbocycles. The Hall–Kier alpha value is -2.37. The Labute approximate surface area is 137 Å². The van der Waals surface area contributed by atoms with Gasteiger partial charge in [-0.1, -0.05) is 12.0 Å². The van der Waals surface area contributed by atoms with Crippen LogP contribution in [0.4, 0.5) is 0 Å². The van der Waals surface area contributed by atoms with E-state index in [0.29, 0.717) is 13.1 Å². The molecule has 1 N–H and O–H groups in total. The lowest BCUT2D eigenvalue weighted by molar-refractivity contribution is -0.123. The van der Waals surface area contributed by atoms with Crippen LogP contribution in [0.25, 0.3) is 0 Å². The van der Waals surface area contributed by atoms with Crippen molar-refractivity contribution in [2.75, 3.05) is 13.1 Å². The van der Waals surface area contributed by atoms with Gasteiger partial charge in [0.15, 0.2) is 0 Å². The van der Waals surface area contributed by atoms with Crippen LogP contribution in [0, 0.1) is 36.5 Å². The summed E-state index contributed by atoms with van der Waals surface area (Å²) in [5, 5.41) is 12.2. The predicted octanol–water partition coefficient (Wildman–Crippen LogP) is 1.63. The quantitative estimate of drug-likeness (QED) is 0.777. The number of aromatic nitrogens is 1. The van der Waals surface area contributed by atoms with E-state index in [1.807, 2.05) is 30.0 Å². The highest BCUT2D eigenvalue weighted by Crippen LogP contribution is 2.39. The van der Waals surface area contributed by atoms with Crippen LogP contribution in [-0.2, 0) is 11.3 Å². The fourth-order valence-electron chi connectivity index (χ4n) is 2.63. The monoisotopic (exact) mass is 310 g/mol. The Morgan fingerprint density at radius 2 is 2.30 bits per heavy atom. The first-order valence-electron chi connectivity index (χ1n) is 7.77. The number of pyridine rings is 1. The molecule has 5 nitrogen and oxygen atoms in total. The molecule has 1 aromatic heterocycles. The van der Waals surface area contributed by atoms with Gasteiger partial charge in [0.25, 0.3) is 0 Å². The molecule has 1 atom stereocenters. The summed E-state index contributed by atoms with van der Waals surface area (Å²) < 4.78 is 0. The molecule has 1 aliphatic carbocycles. The standard InChI is InChI=1S/C18H22N4O/c1-4-10-22(11-16-7-5-6-14(2)20-16)12-17(23)21-18(3,13-19)15-8-9-15/h1,5-7,15H,8-12H2,2-3H3,(H,21,23). The van der Waals surface area contributed by atoms with Crippen LogP contribution in [0.15, 0.2) is 18.2 Å². The van der Waals surface area contributed by atoms with E-state index in [2.05, 4.69) is 22.3 Å². The van der Waals surface area contributed by atoms with E-state index >= 15 is 0 Å². The van der Waals surface area contributed by atoms with Gasteiger partial charge in [-0.25, -0.2) is 0 Å². The van der Waals surface area contributed by atoms with Gasteiger partial charge >= 0.3 is 0 Å². The number of hydrogen-bond acceptors (Lipinski definition) is 4. The summed E-state index contributed by atoms with van der Waals surface area (Å²) in [4.78, 5) is 18.6. The van der Waals surface area contributed by atoms with E-state index in [4.69, 9.17) is 6.42 Å². The number of aryl methyl sites for hydroxylation is 1. The number of nitrogens with zero attached hydrogens (tertiary/aromatic N) is 3. The number of terminal acetylenes is 1. The van der Waals surface area contributed by atoms with Gasteiger partial charge in [0.2, 0.25) is 5.91 Å². The minimum atomic E-state index is -0.777. The van der Waals surface area contributed by atoms with Crippen molar-refractivity contribution in [2.45, 2.75) is 38.8 Å². The molecule has 1 aromatic rings. The molecule has 1 amide bonds. The van der Waals surface area contributed by atoms with Crippen LogP contribution < -0.4 is 5.32 Å². The van der Waals surface area contributed by atoms with Gasteiger partial charge in [-0.05, 0) is 44.7 Å². The van der Waals surface area contributed by atoms with Crippen LogP contribution in [0.3, 0.4) is 0 Å². The van der Waals surface area contributed by atoms with Crippen LogP contribution in [0.5, 0.6) is 0 Å². The normalized spacial score (nSPS) is 16.2. The summed E-state index contributed by atoms with van der Waals surface area (Å²) in [6.45, 7) is 4.73. The first kappa shape index (κ1) is 17.0. The molecular formula is C18H22N4O. The minimum absolute atomic E-state index is 0.157. The third kappa shape index (κ3) is 4.81. The third-order valence-electron chi connectivity index (χ3n) is 4.04. The van der Waals surface area contributed by atoms with E-state index < -0.39 is 5.54 Å². The maximum atomic E-state index is 12.3. The molecule has 0 saturated heterocycles. The Kier molecular flexibility index (Phi) is 5.36. The van der Waals surface area contributed by atoms with Crippen molar-refractivity contribution < 1.29 is 4.79 Å². The smallest absolute Gasteiger partial charge is 0.235 e. The fraction of sp³-hybridized carbons (Fsp3) is 0.500. The number of nitrogens with one attached hydrogen (secondary N) is 1. The molecule has 1 heterocycles. The lowest BCUT2D eigenvalue weighted by Crippen LogP contribution is -2.50. The van der Waals surface area contributed by atoms with Crippen LogP contribution in [0.2, 0.25) is 0 Å². The number of carbonyl (C=O) groups excluding carboxylic acids is 1. The molecule has 23 heavy (non-hydrogen) atoms. The molecule has 2 rings (SSSR count). The summed E-state index contributed by atoms with van der Waals surface area (Å²) >= 11 is 0. The summed E-state index contributed by atoms with van der Waals surface area (Å²) in [7, 11) is 0. The van der Waals surface area contributed by atoms with E-state index in [1.165, 1.54) is 0 Å². The van der Waals surface area contributed by atoms with Gasteiger partial charge < -0.3 is 5.32 Å². The van der Waals surface area contributed by atoms with Crippen molar-refractivity contribution in [2.24, 2.45) is 5.92 Å². The average molecular weight is 310 g/mol. The highest BCUT2D eigenvalue weighted by atomic mass is 16.2. The van der Waals surface area contributed by atoms with Crippen LogP contribution >= 0.6 is 0 Å². The van der Waals surface area contributed by atoms with Crippen molar-refractivity contribution in [1.29, 1.82) is 5.26 Å². The van der Waals surface area contributed by atoms with E-state index in [-0.39, 0.29) is 18.4 Å². The summed E-state index contributed by atoms with van der Waals surface area (Å²) in [6, 6.07) is 8.01. The van der Waals surface area contributed by atoms with Crippen LogP contribution in [0.1, 0.15) is 31.2 Å². The molecule has 0 aromatic carbocycles. The Balaban J connectivity index is 1.97. The maximum absolute atomic E-state index is 12.3. The van der Waals surface area contributed by atoms with Crippen molar-refractivity contribution in [3.05, 3.63) is 29.6 Å². The highest BCUT2D eigenvalue weighted by molar-refractivity contribution is 5.79. The summed E-state index contributed by atoms with van der Waals surface area (Å²) in [5.41, 5.74) is 1.03. The zero-order valence-corrected chi connectivity index (χ0v) is 13.7. The largest absolute Gasteiger partial charge is 0.337 e. The first-order valence-corrected chi connectivity index (χ1v) is 7.77. The Morgan fingerprint density at radius 3 is 2.87 bits per heavy atom. The van der Waals surface area contributed by atoms with Gasteiger partial charge in [-0.3, -0.25) is 14.7 Å². The second-order valence-corrected chi connectivity index (χ2v) is 6.26. The van der Waals surface area contributed by atoms with Gasteiger partial charge in [-0.2, -0.15) is 5.26 Å². The second-order valence-electron chi connectivity index (χ2n) is 6.26. The zero-order chi connectivity index (χ0) is 16.9. The van der Waals surface area contributed by atoms with Crippen molar-refractivity contribution in [3.8, 4) is 18.4 Å². The first-order chi connectivity index (χ1) is 11.0. The Morgan fingerprint density at radius 1 is 1.57 bits per heavy atom. The molecule has 0 bridgehead atoms. The second kappa shape index (κ2) is 7.26. The lowest BCUT2D eigenvalue weighted by Gasteiger charge is -2.25. The average Bonchev–Trinajstić information content (AvgIpc) is 3.32. The van der Waals surface area contributed by atoms with Crippen molar-refractivity contribution in [1.82, 2.24) is 15.2 Å². The van der Waals surface area contributed by atoms with Gasteiger partial charge in [-0.15, -0.1) is 6.42 Å². The molecule has 0 spiro atoms. The molecule has 0 aliphatic heterocycles. The molecule has 5 heteroatoms. The molecule has 1 fully saturated rings. The summed E-state index contributed by atoms with van der Waals surface area (Å²) in [6.07, 6.45) is 7.39. The predicted molar refractivity (Wildman–Crippen MR) is 88.0 cm³/mol. The number of nitriles is 1. The number of rotatable bonds is 7. The van der Waals surface area contributed by atoms with Crippen molar-refractivity contribution >= 4 is 5.91 Å². The number of carbonyl (C=O) groups is 1. The minimum Gasteiger partial charge on any atom is -0.337 e. The molecule has 0 radical (unpaired) electrons. The van der Waals surface area contributed by atoms with Crippen molar-refractivity contribution in [3.63, 3.8) is 0 Å². The zero-order valence-electron chi connectivity index (χ0n) is 13.7. The third-order valence-corrected chi connectivity index (χ3v) is 4.04. The van der Waals surface area contributed by atoms with Crippen LogP contribution in [-0.4, -0.2) is 34.4 Å². The maximum Gasteiger partial charge on any atom is 0.235 e. The Bertz CT molecular complexity index is 654.